The number of aromatic nitrogens is 3. The molecule has 1 aliphatic rings. The summed E-state index contributed by atoms with van der Waals surface area (Å²) in [7, 11) is 4.75. The smallest absolute Gasteiger partial charge is 0.203 e. The molecule has 0 spiro atoms. The number of H-pyrrole nitrogens is 1. The highest BCUT2D eigenvalue weighted by Crippen LogP contribution is 2.40. The van der Waals surface area contributed by atoms with Crippen molar-refractivity contribution in [2.45, 2.75) is 25.5 Å². The van der Waals surface area contributed by atoms with Gasteiger partial charge in [-0.1, -0.05) is 0 Å². The van der Waals surface area contributed by atoms with Crippen molar-refractivity contribution in [3.05, 3.63) is 16.9 Å². The van der Waals surface area contributed by atoms with E-state index in [0.29, 0.717) is 28.6 Å². The van der Waals surface area contributed by atoms with E-state index >= 15 is 0 Å². The fourth-order valence-corrected chi connectivity index (χ4v) is 3.12. The van der Waals surface area contributed by atoms with Crippen LogP contribution in [0.5, 0.6) is 17.2 Å². The highest BCUT2D eigenvalue weighted by Gasteiger charge is 2.21. The average Bonchev–Trinajstić information content (AvgIpc) is 3.24. The van der Waals surface area contributed by atoms with Crippen LogP contribution in [0.3, 0.4) is 0 Å². The molecule has 1 saturated heterocycles. The van der Waals surface area contributed by atoms with Crippen molar-refractivity contribution in [1.29, 1.82) is 0 Å². The highest BCUT2D eigenvalue weighted by atomic mass is 32.1. The Morgan fingerprint density at radius 3 is 2.50 bits per heavy atom. The number of rotatable bonds is 6. The molecule has 1 fully saturated rings. The summed E-state index contributed by atoms with van der Waals surface area (Å²) in [5, 5.41) is 7.23. The predicted molar refractivity (Wildman–Crippen MR) is 91.5 cm³/mol. The molecular formula is C16H21N3O4S. The van der Waals surface area contributed by atoms with Gasteiger partial charge in [0.15, 0.2) is 22.1 Å². The lowest BCUT2D eigenvalue weighted by atomic mass is 10.1. The Labute approximate surface area is 145 Å². The summed E-state index contributed by atoms with van der Waals surface area (Å²) in [5.41, 5.74) is 0.829. The Morgan fingerprint density at radius 2 is 1.96 bits per heavy atom. The van der Waals surface area contributed by atoms with Gasteiger partial charge in [-0.25, -0.2) is 0 Å². The van der Waals surface area contributed by atoms with Crippen LogP contribution in [-0.4, -0.2) is 48.8 Å². The Kier molecular flexibility index (Phi) is 5.06. The van der Waals surface area contributed by atoms with Gasteiger partial charge in [0, 0.05) is 12.2 Å². The average molecular weight is 351 g/mol. The molecule has 7 nitrogen and oxygen atoms in total. The first-order valence-electron chi connectivity index (χ1n) is 7.75. The first-order valence-corrected chi connectivity index (χ1v) is 8.16. The van der Waals surface area contributed by atoms with Crippen LogP contribution in [0.2, 0.25) is 0 Å². The molecule has 1 aromatic heterocycles. The summed E-state index contributed by atoms with van der Waals surface area (Å²) in [5.74, 6) is 2.41. The van der Waals surface area contributed by atoms with Gasteiger partial charge < -0.3 is 18.9 Å². The van der Waals surface area contributed by atoms with E-state index in [-0.39, 0.29) is 6.10 Å². The maximum atomic E-state index is 5.72. The third-order valence-electron chi connectivity index (χ3n) is 4.09. The van der Waals surface area contributed by atoms with Crippen LogP contribution < -0.4 is 14.2 Å². The molecule has 1 unspecified atom stereocenters. The van der Waals surface area contributed by atoms with Gasteiger partial charge in [-0.2, -0.15) is 5.10 Å². The van der Waals surface area contributed by atoms with Gasteiger partial charge in [0.25, 0.3) is 0 Å². The van der Waals surface area contributed by atoms with Gasteiger partial charge in [-0.05, 0) is 37.2 Å². The Balaban J connectivity index is 2.04. The van der Waals surface area contributed by atoms with Crippen LogP contribution >= 0.6 is 12.2 Å². The zero-order chi connectivity index (χ0) is 17.1. The number of aromatic amines is 1. The third kappa shape index (κ3) is 3.11. The Bertz CT molecular complexity index is 740. The molecule has 0 saturated carbocycles. The summed E-state index contributed by atoms with van der Waals surface area (Å²) < 4.78 is 24.4. The third-order valence-corrected chi connectivity index (χ3v) is 4.40. The first kappa shape index (κ1) is 16.8. The second-order valence-corrected chi connectivity index (χ2v) is 5.90. The number of hydrogen-bond acceptors (Lipinski definition) is 6. The summed E-state index contributed by atoms with van der Waals surface area (Å²) in [6.07, 6.45) is 2.27. The van der Waals surface area contributed by atoms with E-state index in [1.807, 2.05) is 16.7 Å². The molecule has 1 atom stereocenters. The van der Waals surface area contributed by atoms with E-state index in [9.17, 15) is 0 Å². The minimum absolute atomic E-state index is 0.162. The van der Waals surface area contributed by atoms with Crippen molar-refractivity contribution in [1.82, 2.24) is 14.8 Å². The van der Waals surface area contributed by atoms with Gasteiger partial charge in [0.05, 0.1) is 34.0 Å². The summed E-state index contributed by atoms with van der Waals surface area (Å²) in [4.78, 5) is 0. The fourth-order valence-electron chi connectivity index (χ4n) is 2.91. The molecule has 1 N–H and O–H groups in total. The molecule has 24 heavy (non-hydrogen) atoms. The molecule has 8 heteroatoms. The number of hydrogen-bond donors (Lipinski definition) is 1. The second kappa shape index (κ2) is 7.23. The molecule has 0 aliphatic carbocycles. The largest absolute Gasteiger partial charge is 0.493 e. The molecule has 130 valence electrons. The quantitative estimate of drug-likeness (QED) is 0.807. The monoisotopic (exact) mass is 351 g/mol. The van der Waals surface area contributed by atoms with E-state index in [2.05, 4.69) is 10.2 Å². The van der Waals surface area contributed by atoms with Crippen molar-refractivity contribution in [3.8, 4) is 28.6 Å². The van der Waals surface area contributed by atoms with Crippen LogP contribution in [-0.2, 0) is 11.3 Å². The van der Waals surface area contributed by atoms with Crippen molar-refractivity contribution in [2.24, 2.45) is 0 Å². The van der Waals surface area contributed by atoms with Gasteiger partial charge in [0.2, 0.25) is 5.75 Å². The first-order chi connectivity index (χ1) is 11.7. The Hall–Kier alpha value is -2.06. The molecule has 3 rings (SSSR count). The van der Waals surface area contributed by atoms with E-state index in [0.717, 1.165) is 30.8 Å². The lowest BCUT2D eigenvalue weighted by molar-refractivity contribution is 0.0970. The number of ether oxygens (including phenoxy) is 4. The summed E-state index contributed by atoms with van der Waals surface area (Å²) >= 11 is 5.38. The lowest BCUT2D eigenvalue weighted by Crippen LogP contribution is -2.16. The van der Waals surface area contributed by atoms with E-state index in [1.165, 1.54) is 0 Å². The molecule has 0 bridgehead atoms. The number of nitrogens with zero attached hydrogens (tertiary/aromatic N) is 2. The number of nitrogens with one attached hydrogen (secondary N) is 1. The molecule has 1 aliphatic heterocycles. The molecule has 2 heterocycles. The van der Waals surface area contributed by atoms with Crippen LogP contribution in [0.4, 0.5) is 0 Å². The number of benzene rings is 1. The van der Waals surface area contributed by atoms with Crippen LogP contribution in [0.1, 0.15) is 12.8 Å². The molecular weight excluding hydrogens is 330 g/mol. The topological polar surface area (TPSA) is 70.5 Å². The second-order valence-electron chi connectivity index (χ2n) is 5.51. The summed E-state index contributed by atoms with van der Waals surface area (Å²) in [6, 6.07) is 3.72. The minimum atomic E-state index is 0.162. The van der Waals surface area contributed by atoms with Crippen molar-refractivity contribution < 1.29 is 18.9 Å². The standard InChI is InChI=1S/C16H21N3O4S/c1-20-12-7-10(8-13(21-2)14(12)22-3)15-17-18-16(24)19(15)9-11-5-4-6-23-11/h7-8,11H,4-6,9H2,1-3H3,(H,18,24). The van der Waals surface area contributed by atoms with Gasteiger partial charge in [-0.15, -0.1) is 0 Å². The maximum absolute atomic E-state index is 5.72. The zero-order valence-corrected chi connectivity index (χ0v) is 14.8. The molecule has 0 amide bonds. The number of methoxy groups -OCH3 is 3. The zero-order valence-electron chi connectivity index (χ0n) is 14.0. The predicted octanol–water partition coefficient (Wildman–Crippen LogP) is 2.81. The fraction of sp³-hybridized carbons (Fsp3) is 0.500. The van der Waals surface area contributed by atoms with E-state index in [1.54, 1.807) is 21.3 Å². The SMILES string of the molecule is COc1cc(-c2n[nH]c(=S)n2CC2CCCO2)cc(OC)c1OC. The minimum Gasteiger partial charge on any atom is -0.493 e. The van der Waals surface area contributed by atoms with E-state index in [4.69, 9.17) is 31.2 Å². The van der Waals surface area contributed by atoms with E-state index < -0.39 is 0 Å². The van der Waals surface area contributed by atoms with Gasteiger partial charge in [0.1, 0.15) is 0 Å². The molecule has 1 aromatic carbocycles. The van der Waals surface area contributed by atoms with Gasteiger partial charge in [-0.3, -0.25) is 9.67 Å². The Morgan fingerprint density at radius 1 is 1.25 bits per heavy atom. The summed E-state index contributed by atoms with van der Waals surface area (Å²) in [6.45, 7) is 1.47. The van der Waals surface area contributed by atoms with Crippen molar-refractivity contribution >= 4 is 12.2 Å². The van der Waals surface area contributed by atoms with Crippen molar-refractivity contribution in [2.75, 3.05) is 27.9 Å². The lowest BCUT2D eigenvalue weighted by Gasteiger charge is -2.15. The molecule has 2 aromatic rings. The molecule has 0 radical (unpaired) electrons. The van der Waals surface area contributed by atoms with Crippen LogP contribution in [0, 0.1) is 4.77 Å². The normalized spacial score (nSPS) is 17.0. The highest BCUT2D eigenvalue weighted by molar-refractivity contribution is 7.71. The van der Waals surface area contributed by atoms with Gasteiger partial charge >= 0.3 is 0 Å². The van der Waals surface area contributed by atoms with Crippen LogP contribution in [0.15, 0.2) is 12.1 Å². The van der Waals surface area contributed by atoms with Crippen molar-refractivity contribution in [3.63, 3.8) is 0 Å². The van der Waals surface area contributed by atoms with Crippen LogP contribution in [0.25, 0.3) is 11.4 Å². The maximum Gasteiger partial charge on any atom is 0.203 e.